The van der Waals surface area contributed by atoms with Crippen LogP contribution in [0.2, 0.25) is 0 Å². The molecule has 4 rings (SSSR count). The average Bonchev–Trinajstić information content (AvgIpc) is 3.22. The average molecular weight is 430 g/mol. The van der Waals surface area contributed by atoms with Crippen molar-refractivity contribution >= 4 is 21.7 Å². The molecule has 0 amide bonds. The monoisotopic (exact) mass is 429 g/mol. The van der Waals surface area contributed by atoms with E-state index in [-0.39, 0.29) is 11.7 Å². The van der Waals surface area contributed by atoms with Crippen molar-refractivity contribution in [1.82, 2.24) is 24.5 Å². The lowest BCUT2D eigenvalue weighted by atomic mass is 9.94. The fourth-order valence-corrected chi connectivity index (χ4v) is 3.68. The molecule has 0 aromatic carbocycles. The largest absolute Gasteiger partial charge is 0.453 e. The van der Waals surface area contributed by atoms with Crippen LogP contribution in [0.4, 0.5) is 13.2 Å². The Labute approximate surface area is 155 Å². The van der Waals surface area contributed by atoms with Gasteiger partial charge < -0.3 is 4.42 Å². The summed E-state index contributed by atoms with van der Waals surface area (Å²) in [6, 6.07) is 4.81. The van der Waals surface area contributed by atoms with E-state index in [1.165, 1.54) is 0 Å². The Balaban J connectivity index is 1.60. The van der Waals surface area contributed by atoms with E-state index in [2.05, 4.69) is 35.9 Å². The molecular weight excluding hydrogens is 415 g/mol. The van der Waals surface area contributed by atoms with Crippen LogP contribution in [-0.2, 0) is 12.7 Å². The topological polar surface area (TPSA) is 59.5 Å². The summed E-state index contributed by atoms with van der Waals surface area (Å²) in [4.78, 5) is 10.3. The van der Waals surface area contributed by atoms with Crippen LogP contribution in [0.15, 0.2) is 33.6 Å². The Bertz CT molecular complexity index is 922. The van der Waals surface area contributed by atoms with E-state index < -0.39 is 11.9 Å². The summed E-state index contributed by atoms with van der Waals surface area (Å²) >= 11 is 3.27. The third-order valence-electron chi connectivity index (χ3n) is 4.49. The normalized spacial score (nSPS) is 19.3. The quantitative estimate of drug-likeness (QED) is 0.632. The first-order valence-electron chi connectivity index (χ1n) is 8.14. The fourth-order valence-electron chi connectivity index (χ4n) is 3.34. The van der Waals surface area contributed by atoms with Gasteiger partial charge in [-0.05, 0) is 53.5 Å². The van der Waals surface area contributed by atoms with Gasteiger partial charge in [-0.1, -0.05) is 0 Å². The van der Waals surface area contributed by atoms with E-state index in [0.29, 0.717) is 23.5 Å². The molecule has 0 radical (unpaired) electrons. The van der Waals surface area contributed by atoms with Crippen LogP contribution in [0.25, 0.3) is 5.78 Å². The second-order valence-electron chi connectivity index (χ2n) is 6.32. The van der Waals surface area contributed by atoms with Crippen molar-refractivity contribution in [3.8, 4) is 0 Å². The second-order valence-corrected chi connectivity index (χ2v) is 7.10. The predicted octanol–water partition coefficient (Wildman–Crippen LogP) is 3.88. The number of rotatable bonds is 3. The summed E-state index contributed by atoms with van der Waals surface area (Å²) in [6.45, 7) is 2.10. The van der Waals surface area contributed by atoms with E-state index >= 15 is 0 Å². The third-order valence-corrected chi connectivity index (χ3v) is 4.92. The van der Waals surface area contributed by atoms with Gasteiger partial charge in [-0.15, -0.1) is 0 Å². The first kappa shape index (κ1) is 17.5. The minimum Gasteiger partial charge on any atom is -0.453 e. The Hall–Kier alpha value is -1.94. The Morgan fingerprint density at radius 2 is 2.15 bits per heavy atom. The molecule has 4 heterocycles. The van der Waals surface area contributed by atoms with E-state index in [1.807, 2.05) is 12.1 Å². The molecule has 1 atom stereocenters. The summed E-state index contributed by atoms with van der Waals surface area (Å²) in [5.74, 6) is 0.696. The zero-order chi connectivity index (χ0) is 18.3. The number of piperidine rings is 1. The molecule has 1 saturated heterocycles. The van der Waals surface area contributed by atoms with Gasteiger partial charge in [0.1, 0.15) is 12.1 Å². The number of likely N-dealkylation sites (tertiary alicyclic amines) is 1. The molecule has 0 N–H and O–H groups in total. The van der Waals surface area contributed by atoms with Crippen LogP contribution in [0.5, 0.6) is 0 Å². The van der Waals surface area contributed by atoms with Crippen LogP contribution in [-0.4, -0.2) is 37.6 Å². The lowest BCUT2D eigenvalue weighted by molar-refractivity contribution is -0.142. The molecule has 10 heteroatoms. The molecule has 26 heavy (non-hydrogen) atoms. The number of nitrogens with zero attached hydrogens (tertiary/aromatic N) is 5. The molecule has 138 valence electrons. The summed E-state index contributed by atoms with van der Waals surface area (Å²) in [5.41, 5.74) is -0.440. The zero-order valence-corrected chi connectivity index (χ0v) is 15.2. The van der Waals surface area contributed by atoms with E-state index in [4.69, 9.17) is 4.42 Å². The van der Waals surface area contributed by atoms with Crippen LogP contribution >= 0.6 is 15.9 Å². The maximum atomic E-state index is 13.4. The standard InChI is InChI=1S/C16H15BrF3N5O/c17-14-4-3-11(26-14)8-24-5-1-2-10(7-24)12-6-13(16(18,19)20)25-15(23-12)21-9-22-25/h3-4,6,9-10H,1-2,5,7-8H2. The lowest BCUT2D eigenvalue weighted by Crippen LogP contribution is -2.34. The van der Waals surface area contributed by atoms with Crippen LogP contribution in [0.3, 0.4) is 0 Å². The number of hydrogen-bond acceptors (Lipinski definition) is 5. The number of aromatic nitrogens is 4. The van der Waals surface area contributed by atoms with E-state index in [0.717, 1.165) is 42.1 Å². The SMILES string of the molecule is FC(F)(F)c1cc(C2CCCN(Cc3ccc(Br)o3)C2)nc2ncnn12. The molecule has 0 bridgehead atoms. The molecular formula is C16H15BrF3N5O. The van der Waals surface area contributed by atoms with Crippen molar-refractivity contribution in [1.29, 1.82) is 0 Å². The highest BCUT2D eigenvalue weighted by atomic mass is 79.9. The highest BCUT2D eigenvalue weighted by molar-refractivity contribution is 9.10. The molecule has 1 aliphatic heterocycles. The minimum absolute atomic E-state index is 0.0260. The number of alkyl halides is 3. The maximum Gasteiger partial charge on any atom is 0.433 e. The Kier molecular flexibility index (Phi) is 4.47. The molecule has 6 nitrogen and oxygen atoms in total. The number of fused-ring (bicyclic) bond motifs is 1. The molecule has 0 saturated carbocycles. The van der Waals surface area contributed by atoms with Crippen molar-refractivity contribution in [2.45, 2.75) is 31.5 Å². The number of halogens is 4. The Morgan fingerprint density at radius 1 is 1.31 bits per heavy atom. The molecule has 0 spiro atoms. The van der Waals surface area contributed by atoms with Gasteiger partial charge in [-0.2, -0.15) is 27.8 Å². The first-order valence-corrected chi connectivity index (χ1v) is 8.94. The fraction of sp³-hybridized carbons (Fsp3) is 0.438. The molecule has 3 aromatic heterocycles. The van der Waals surface area contributed by atoms with Gasteiger partial charge in [0.15, 0.2) is 10.4 Å². The molecule has 1 aliphatic rings. The number of furan rings is 1. The summed E-state index contributed by atoms with van der Waals surface area (Å²) in [7, 11) is 0. The van der Waals surface area contributed by atoms with Gasteiger partial charge in [0.25, 0.3) is 5.78 Å². The van der Waals surface area contributed by atoms with Gasteiger partial charge >= 0.3 is 6.18 Å². The van der Waals surface area contributed by atoms with Crippen LogP contribution < -0.4 is 0 Å². The third kappa shape index (κ3) is 3.48. The van der Waals surface area contributed by atoms with Gasteiger partial charge in [0, 0.05) is 12.5 Å². The maximum absolute atomic E-state index is 13.4. The van der Waals surface area contributed by atoms with Crippen molar-refractivity contribution in [3.05, 3.63) is 46.3 Å². The Morgan fingerprint density at radius 3 is 2.88 bits per heavy atom. The van der Waals surface area contributed by atoms with Crippen molar-refractivity contribution in [3.63, 3.8) is 0 Å². The van der Waals surface area contributed by atoms with Gasteiger partial charge in [-0.25, -0.2) is 4.98 Å². The number of hydrogen-bond donors (Lipinski definition) is 0. The van der Waals surface area contributed by atoms with Gasteiger partial charge in [0.05, 0.1) is 12.2 Å². The van der Waals surface area contributed by atoms with Crippen molar-refractivity contribution in [2.24, 2.45) is 0 Å². The molecule has 1 unspecified atom stereocenters. The second kappa shape index (κ2) is 6.66. The predicted molar refractivity (Wildman–Crippen MR) is 89.4 cm³/mol. The lowest BCUT2D eigenvalue weighted by Gasteiger charge is -2.32. The molecule has 3 aromatic rings. The van der Waals surface area contributed by atoms with Crippen LogP contribution in [0.1, 0.15) is 35.9 Å². The summed E-state index contributed by atoms with van der Waals surface area (Å²) in [5, 5.41) is 3.64. The first-order chi connectivity index (χ1) is 12.4. The van der Waals surface area contributed by atoms with Crippen LogP contribution in [0, 0.1) is 0 Å². The summed E-state index contributed by atoms with van der Waals surface area (Å²) < 4.78 is 47.0. The van der Waals surface area contributed by atoms with Gasteiger partial charge in [-0.3, -0.25) is 4.90 Å². The minimum atomic E-state index is -4.52. The van der Waals surface area contributed by atoms with Crippen molar-refractivity contribution in [2.75, 3.05) is 13.1 Å². The molecule has 0 aliphatic carbocycles. The van der Waals surface area contributed by atoms with Crippen molar-refractivity contribution < 1.29 is 17.6 Å². The highest BCUT2D eigenvalue weighted by Gasteiger charge is 2.36. The molecule has 1 fully saturated rings. The van der Waals surface area contributed by atoms with E-state index in [1.54, 1.807) is 0 Å². The highest BCUT2D eigenvalue weighted by Crippen LogP contribution is 2.33. The zero-order valence-electron chi connectivity index (χ0n) is 13.6. The van der Waals surface area contributed by atoms with Gasteiger partial charge in [0.2, 0.25) is 0 Å². The summed E-state index contributed by atoms with van der Waals surface area (Å²) in [6.07, 6.45) is -1.76. The van der Waals surface area contributed by atoms with E-state index in [9.17, 15) is 13.2 Å². The smallest absolute Gasteiger partial charge is 0.433 e.